The summed E-state index contributed by atoms with van der Waals surface area (Å²) in [6.45, 7) is 3.77. The van der Waals surface area contributed by atoms with Gasteiger partial charge in [-0.15, -0.1) is 0 Å². The normalized spacial score (nSPS) is 10.4. The summed E-state index contributed by atoms with van der Waals surface area (Å²) < 4.78 is 5.29. The molecule has 0 atom stereocenters. The predicted octanol–water partition coefficient (Wildman–Crippen LogP) is 3.09. The molecule has 28 heavy (non-hydrogen) atoms. The molecular formula is C22H29N3O3. The summed E-state index contributed by atoms with van der Waals surface area (Å²) in [7, 11) is 3.77. The van der Waals surface area contributed by atoms with Gasteiger partial charge < -0.3 is 20.3 Å². The maximum Gasteiger partial charge on any atom is 0.253 e. The number of amides is 2. The monoisotopic (exact) mass is 383 g/mol. The average molecular weight is 383 g/mol. The maximum absolute atomic E-state index is 12.6. The quantitative estimate of drug-likeness (QED) is 0.619. The van der Waals surface area contributed by atoms with Gasteiger partial charge in [0.05, 0.1) is 12.0 Å². The van der Waals surface area contributed by atoms with Crippen LogP contribution in [-0.2, 0) is 16.0 Å². The van der Waals surface area contributed by atoms with E-state index in [1.54, 1.807) is 6.07 Å². The van der Waals surface area contributed by atoms with E-state index in [0.29, 0.717) is 31.0 Å². The smallest absolute Gasteiger partial charge is 0.253 e. The molecule has 0 spiro atoms. The molecule has 2 amide bonds. The van der Waals surface area contributed by atoms with Crippen LogP contribution in [0.3, 0.4) is 0 Å². The van der Waals surface area contributed by atoms with E-state index in [1.807, 2.05) is 68.4 Å². The van der Waals surface area contributed by atoms with E-state index in [0.717, 1.165) is 17.7 Å². The number of ether oxygens (including phenoxy) is 1. The number of carbonyl (C=O) groups is 2. The Bertz CT molecular complexity index is 776. The molecule has 2 N–H and O–H groups in total. The zero-order valence-electron chi connectivity index (χ0n) is 16.8. The largest absolute Gasteiger partial charge is 0.382 e. The molecule has 0 aliphatic heterocycles. The van der Waals surface area contributed by atoms with E-state index in [-0.39, 0.29) is 18.2 Å². The van der Waals surface area contributed by atoms with Gasteiger partial charge in [0.15, 0.2) is 0 Å². The molecule has 150 valence electrons. The minimum Gasteiger partial charge on any atom is -0.382 e. The van der Waals surface area contributed by atoms with Crippen LogP contribution in [-0.4, -0.2) is 45.7 Å². The topological polar surface area (TPSA) is 70.7 Å². The van der Waals surface area contributed by atoms with Crippen molar-refractivity contribution < 1.29 is 14.3 Å². The van der Waals surface area contributed by atoms with Crippen molar-refractivity contribution in [1.82, 2.24) is 5.32 Å². The van der Waals surface area contributed by atoms with Gasteiger partial charge in [0.25, 0.3) is 5.91 Å². The minimum atomic E-state index is -0.167. The zero-order chi connectivity index (χ0) is 20.4. The molecule has 0 fully saturated rings. The molecule has 0 aromatic heterocycles. The van der Waals surface area contributed by atoms with Crippen LogP contribution >= 0.6 is 0 Å². The van der Waals surface area contributed by atoms with Gasteiger partial charge in [0.1, 0.15) is 0 Å². The highest BCUT2D eigenvalue weighted by Gasteiger charge is 2.14. The SMILES string of the molecule is CCOCCCNC(=O)c1cc(NC(=O)Cc2ccccc2)ccc1N(C)C. The maximum atomic E-state index is 12.6. The molecule has 0 unspecified atom stereocenters. The van der Waals surface area contributed by atoms with Crippen molar-refractivity contribution in [3.63, 3.8) is 0 Å². The van der Waals surface area contributed by atoms with Gasteiger partial charge in [0.2, 0.25) is 5.91 Å². The average Bonchev–Trinajstić information content (AvgIpc) is 2.68. The van der Waals surface area contributed by atoms with Crippen LogP contribution in [0.1, 0.15) is 29.3 Å². The molecule has 6 nitrogen and oxygen atoms in total. The molecule has 0 aliphatic rings. The molecular weight excluding hydrogens is 354 g/mol. The molecule has 6 heteroatoms. The van der Waals surface area contributed by atoms with Crippen molar-refractivity contribution in [3.05, 3.63) is 59.7 Å². The first-order chi connectivity index (χ1) is 13.5. The van der Waals surface area contributed by atoms with Crippen LogP contribution < -0.4 is 15.5 Å². The van der Waals surface area contributed by atoms with Gasteiger partial charge in [-0.1, -0.05) is 30.3 Å². The lowest BCUT2D eigenvalue weighted by molar-refractivity contribution is -0.115. The second-order valence-electron chi connectivity index (χ2n) is 6.64. The van der Waals surface area contributed by atoms with E-state index in [9.17, 15) is 9.59 Å². The Balaban J connectivity index is 2.04. The summed E-state index contributed by atoms with van der Waals surface area (Å²) in [5.74, 6) is -0.286. The summed E-state index contributed by atoms with van der Waals surface area (Å²) in [5, 5.41) is 5.79. The lowest BCUT2D eigenvalue weighted by Gasteiger charge is -2.18. The van der Waals surface area contributed by atoms with Gasteiger partial charge in [0, 0.05) is 45.2 Å². The van der Waals surface area contributed by atoms with Gasteiger partial charge in [-0.2, -0.15) is 0 Å². The third kappa shape index (κ3) is 6.70. The Labute approximate surface area is 166 Å². The number of rotatable bonds is 10. The number of hydrogen-bond acceptors (Lipinski definition) is 4. The van der Waals surface area contributed by atoms with Crippen LogP contribution in [0.5, 0.6) is 0 Å². The third-order valence-electron chi connectivity index (χ3n) is 4.17. The first-order valence-electron chi connectivity index (χ1n) is 9.52. The van der Waals surface area contributed by atoms with Crippen molar-refractivity contribution in [3.8, 4) is 0 Å². The van der Waals surface area contributed by atoms with E-state index in [1.165, 1.54) is 0 Å². The molecule has 0 aliphatic carbocycles. The first-order valence-corrected chi connectivity index (χ1v) is 9.52. The van der Waals surface area contributed by atoms with Crippen LogP contribution in [0, 0.1) is 0 Å². The second kappa shape index (κ2) is 11.1. The van der Waals surface area contributed by atoms with Gasteiger partial charge in [-0.3, -0.25) is 9.59 Å². The minimum absolute atomic E-state index is 0.119. The number of hydrogen-bond donors (Lipinski definition) is 2. The van der Waals surface area contributed by atoms with Gasteiger partial charge >= 0.3 is 0 Å². The molecule has 0 radical (unpaired) electrons. The first kappa shape index (κ1) is 21.4. The van der Waals surface area contributed by atoms with Crippen molar-refractivity contribution in [2.75, 3.05) is 44.1 Å². The lowest BCUT2D eigenvalue weighted by atomic mass is 10.1. The second-order valence-corrected chi connectivity index (χ2v) is 6.64. The van der Waals surface area contributed by atoms with Gasteiger partial charge in [-0.05, 0) is 37.1 Å². The van der Waals surface area contributed by atoms with E-state index >= 15 is 0 Å². The van der Waals surface area contributed by atoms with E-state index in [4.69, 9.17) is 4.74 Å². The number of benzene rings is 2. The standard InChI is InChI=1S/C22H29N3O3/c1-4-28-14-8-13-23-22(27)19-16-18(11-12-20(19)25(2)3)24-21(26)15-17-9-6-5-7-10-17/h5-7,9-12,16H,4,8,13-15H2,1-3H3,(H,23,27)(H,24,26). The fraction of sp³-hybridized carbons (Fsp3) is 0.364. The van der Waals surface area contributed by atoms with Crippen LogP contribution in [0.25, 0.3) is 0 Å². The molecule has 0 saturated carbocycles. The molecule has 0 heterocycles. The van der Waals surface area contributed by atoms with Crippen molar-refractivity contribution in [2.24, 2.45) is 0 Å². The predicted molar refractivity (Wildman–Crippen MR) is 113 cm³/mol. The highest BCUT2D eigenvalue weighted by molar-refractivity contribution is 6.02. The Kier molecular flexibility index (Phi) is 8.49. The fourth-order valence-electron chi connectivity index (χ4n) is 2.79. The third-order valence-corrected chi connectivity index (χ3v) is 4.17. The number of anilines is 2. The van der Waals surface area contributed by atoms with Crippen LogP contribution in [0.4, 0.5) is 11.4 Å². The van der Waals surface area contributed by atoms with Crippen molar-refractivity contribution in [2.45, 2.75) is 19.8 Å². The van der Waals surface area contributed by atoms with Crippen LogP contribution in [0.2, 0.25) is 0 Å². The summed E-state index contributed by atoms with van der Waals surface area (Å²) in [5.41, 5.74) is 2.87. The summed E-state index contributed by atoms with van der Waals surface area (Å²) in [4.78, 5) is 26.8. The summed E-state index contributed by atoms with van der Waals surface area (Å²) in [6, 6.07) is 14.9. The van der Waals surface area contributed by atoms with Gasteiger partial charge in [-0.25, -0.2) is 0 Å². The van der Waals surface area contributed by atoms with E-state index in [2.05, 4.69) is 10.6 Å². The number of nitrogens with one attached hydrogen (secondary N) is 2. The molecule has 2 rings (SSSR count). The highest BCUT2D eigenvalue weighted by atomic mass is 16.5. The Morgan fingerprint density at radius 2 is 1.82 bits per heavy atom. The fourth-order valence-corrected chi connectivity index (χ4v) is 2.79. The zero-order valence-corrected chi connectivity index (χ0v) is 16.8. The summed E-state index contributed by atoms with van der Waals surface area (Å²) >= 11 is 0. The molecule has 0 saturated heterocycles. The molecule has 2 aromatic carbocycles. The molecule has 0 bridgehead atoms. The van der Waals surface area contributed by atoms with Crippen molar-refractivity contribution >= 4 is 23.2 Å². The van der Waals surface area contributed by atoms with Crippen LogP contribution in [0.15, 0.2) is 48.5 Å². The highest BCUT2D eigenvalue weighted by Crippen LogP contribution is 2.23. The Morgan fingerprint density at radius 1 is 1.07 bits per heavy atom. The number of carbonyl (C=O) groups excluding carboxylic acids is 2. The number of nitrogens with zero attached hydrogens (tertiary/aromatic N) is 1. The van der Waals surface area contributed by atoms with Crippen molar-refractivity contribution in [1.29, 1.82) is 0 Å². The lowest BCUT2D eigenvalue weighted by Crippen LogP contribution is -2.27. The van der Waals surface area contributed by atoms with E-state index < -0.39 is 0 Å². The summed E-state index contributed by atoms with van der Waals surface area (Å²) in [6.07, 6.45) is 1.04. The molecule has 2 aromatic rings. The Morgan fingerprint density at radius 3 is 2.50 bits per heavy atom. The Hall–Kier alpha value is -2.86.